The Morgan fingerprint density at radius 1 is 1.16 bits per heavy atom. The maximum Gasteiger partial charge on any atom is 0.307 e. The molecule has 0 aromatic heterocycles. The van der Waals surface area contributed by atoms with Crippen LogP contribution in [0.3, 0.4) is 0 Å². The molecule has 4 unspecified atom stereocenters. The molecular formula is C14H22N2O3. The third-order valence-corrected chi connectivity index (χ3v) is 5.08. The number of carbonyl (C=O) groups is 2. The molecule has 1 aliphatic carbocycles. The van der Waals surface area contributed by atoms with Gasteiger partial charge in [0.15, 0.2) is 0 Å². The number of hydrogen-bond acceptors (Lipinski definition) is 3. The molecule has 2 heterocycles. The lowest BCUT2D eigenvalue weighted by Crippen LogP contribution is -2.54. The first-order valence-corrected chi connectivity index (χ1v) is 7.29. The number of rotatable bonds is 2. The number of aliphatic carboxylic acids is 1. The van der Waals surface area contributed by atoms with Crippen molar-refractivity contribution in [2.24, 2.45) is 17.8 Å². The van der Waals surface area contributed by atoms with Crippen LogP contribution in [0, 0.1) is 17.8 Å². The van der Waals surface area contributed by atoms with E-state index in [1.54, 1.807) is 0 Å². The highest BCUT2D eigenvalue weighted by Crippen LogP contribution is 2.41. The molecule has 1 amide bonds. The number of carboxylic acids is 1. The van der Waals surface area contributed by atoms with Crippen LogP contribution in [0.4, 0.5) is 0 Å². The molecule has 0 bridgehead atoms. The second-order valence-electron chi connectivity index (χ2n) is 6.31. The van der Waals surface area contributed by atoms with Crippen molar-refractivity contribution in [1.29, 1.82) is 0 Å². The fourth-order valence-electron chi connectivity index (χ4n) is 3.83. The highest BCUT2D eigenvalue weighted by molar-refractivity contribution is 5.89. The zero-order valence-electron chi connectivity index (χ0n) is 11.4. The fraction of sp³-hybridized carbons (Fsp3) is 0.857. The highest BCUT2D eigenvalue weighted by atomic mass is 16.4. The van der Waals surface area contributed by atoms with E-state index in [4.69, 9.17) is 5.11 Å². The van der Waals surface area contributed by atoms with Crippen molar-refractivity contribution >= 4 is 11.9 Å². The molecule has 0 radical (unpaired) electrons. The predicted molar refractivity (Wildman–Crippen MR) is 69.6 cm³/mol. The normalized spacial score (nSPS) is 38.7. The Morgan fingerprint density at radius 2 is 1.95 bits per heavy atom. The molecule has 3 aliphatic rings. The van der Waals surface area contributed by atoms with Gasteiger partial charge in [0.1, 0.15) is 0 Å². The molecule has 5 nitrogen and oxygen atoms in total. The average molecular weight is 266 g/mol. The minimum absolute atomic E-state index is 0.0825. The monoisotopic (exact) mass is 266 g/mol. The van der Waals surface area contributed by atoms with E-state index in [9.17, 15) is 9.59 Å². The smallest absolute Gasteiger partial charge is 0.307 e. The van der Waals surface area contributed by atoms with E-state index in [0.717, 1.165) is 19.5 Å². The molecule has 106 valence electrons. The van der Waals surface area contributed by atoms with E-state index in [0.29, 0.717) is 18.4 Å². The van der Waals surface area contributed by atoms with Crippen LogP contribution in [-0.4, -0.2) is 59.5 Å². The van der Waals surface area contributed by atoms with E-state index in [-0.39, 0.29) is 11.8 Å². The van der Waals surface area contributed by atoms with Crippen LogP contribution in [0.2, 0.25) is 0 Å². The predicted octanol–water partition coefficient (Wildman–Crippen LogP) is 0.650. The molecule has 3 rings (SSSR count). The summed E-state index contributed by atoms with van der Waals surface area (Å²) in [5.74, 6) is -0.808. The summed E-state index contributed by atoms with van der Waals surface area (Å²) in [5, 5.41) is 8.92. The van der Waals surface area contributed by atoms with Crippen LogP contribution >= 0.6 is 0 Å². The highest BCUT2D eigenvalue weighted by Gasteiger charge is 2.50. The van der Waals surface area contributed by atoms with Crippen molar-refractivity contribution in [2.75, 3.05) is 26.7 Å². The van der Waals surface area contributed by atoms with Gasteiger partial charge in [-0.2, -0.15) is 0 Å². The van der Waals surface area contributed by atoms with Gasteiger partial charge in [-0.05, 0) is 45.2 Å². The molecule has 3 fully saturated rings. The second kappa shape index (κ2) is 4.78. The average Bonchev–Trinajstić information content (AvgIpc) is 3.18. The number of hydrogen-bond donors (Lipinski definition) is 1. The second-order valence-corrected chi connectivity index (χ2v) is 6.31. The number of carboxylic acid groups (broad SMARTS) is 1. The Hall–Kier alpha value is -1.10. The topological polar surface area (TPSA) is 60.9 Å². The third kappa shape index (κ3) is 2.36. The third-order valence-electron chi connectivity index (χ3n) is 5.08. The summed E-state index contributed by atoms with van der Waals surface area (Å²) in [4.78, 5) is 27.5. The summed E-state index contributed by atoms with van der Waals surface area (Å²) in [6, 6.07) is 0.618. The number of carbonyl (C=O) groups excluding carboxylic acids is 1. The number of fused-ring (bicyclic) bond motifs is 1. The molecule has 5 heteroatoms. The molecule has 4 atom stereocenters. The van der Waals surface area contributed by atoms with Gasteiger partial charge >= 0.3 is 5.97 Å². The van der Waals surface area contributed by atoms with E-state index in [2.05, 4.69) is 11.9 Å². The Kier molecular flexibility index (Phi) is 3.25. The van der Waals surface area contributed by atoms with Gasteiger partial charge in [-0.1, -0.05) is 0 Å². The summed E-state index contributed by atoms with van der Waals surface area (Å²) in [5.41, 5.74) is 0. The van der Waals surface area contributed by atoms with Gasteiger partial charge in [0.05, 0.1) is 11.8 Å². The Bertz CT molecular complexity index is 398. The lowest BCUT2D eigenvalue weighted by Gasteiger charge is -2.46. The van der Waals surface area contributed by atoms with Gasteiger partial charge in [-0.15, -0.1) is 0 Å². The van der Waals surface area contributed by atoms with Crippen LogP contribution in [0.5, 0.6) is 0 Å². The quantitative estimate of drug-likeness (QED) is 0.797. The van der Waals surface area contributed by atoms with Gasteiger partial charge in [0.25, 0.3) is 0 Å². The Balaban J connectivity index is 1.59. The molecule has 0 aromatic rings. The van der Waals surface area contributed by atoms with Crippen molar-refractivity contribution in [3.63, 3.8) is 0 Å². The van der Waals surface area contributed by atoms with Gasteiger partial charge in [0, 0.05) is 19.1 Å². The Morgan fingerprint density at radius 3 is 2.63 bits per heavy atom. The van der Waals surface area contributed by atoms with Crippen molar-refractivity contribution in [2.45, 2.75) is 31.7 Å². The van der Waals surface area contributed by atoms with Gasteiger partial charge in [0.2, 0.25) is 5.91 Å². The zero-order valence-corrected chi connectivity index (χ0v) is 11.4. The van der Waals surface area contributed by atoms with Gasteiger partial charge in [-0.3, -0.25) is 9.59 Å². The van der Waals surface area contributed by atoms with E-state index in [1.807, 2.05) is 4.90 Å². The molecule has 0 aromatic carbocycles. The number of amides is 1. The summed E-state index contributed by atoms with van der Waals surface area (Å²) in [6.07, 6.45) is 3.99. The van der Waals surface area contributed by atoms with Crippen LogP contribution in [0.15, 0.2) is 0 Å². The summed E-state index contributed by atoms with van der Waals surface area (Å²) in [7, 11) is 2.18. The molecule has 19 heavy (non-hydrogen) atoms. The first-order valence-electron chi connectivity index (χ1n) is 7.29. The maximum atomic E-state index is 12.3. The number of piperidine rings is 2. The first-order chi connectivity index (χ1) is 9.08. The van der Waals surface area contributed by atoms with Crippen LogP contribution < -0.4 is 0 Å². The lowest BCUT2D eigenvalue weighted by molar-refractivity contribution is -0.143. The molecule has 0 spiro atoms. The Labute approximate surface area is 113 Å². The number of nitrogens with zero attached hydrogens (tertiary/aromatic N) is 2. The van der Waals surface area contributed by atoms with Crippen LogP contribution in [0.1, 0.15) is 25.7 Å². The first kappa shape index (κ1) is 12.9. The van der Waals surface area contributed by atoms with Crippen molar-refractivity contribution in [3.05, 3.63) is 0 Å². The zero-order chi connectivity index (χ0) is 13.6. The van der Waals surface area contributed by atoms with E-state index in [1.165, 1.54) is 19.4 Å². The van der Waals surface area contributed by atoms with Crippen LogP contribution in [-0.2, 0) is 9.59 Å². The number of likely N-dealkylation sites (tertiary alicyclic amines) is 2. The molecule has 2 saturated heterocycles. The van der Waals surface area contributed by atoms with Crippen LogP contribution in [0.25, 0.3) is 0 Å². The van der Waals surface area contributed by atoms with E-state index < -0.39 is 11.9 Å². The van der Waals surface area contributed by atoms with E-state index >= 15 is 0 Å². The molecule has 1 saturated carbocycles. The standard InChI is InChI=1S/C14H22N2O3/c1-15-5-2-3-9-8-16(6-4-12(9)15)13(17)10-7-11(10)14(18)19/h9-12H,2-8H2,1H3,(H,18,19). The van der Waals surface area contributed by atoms with Crippen molar-refractivity contribution < 1.29 is 14.7 Å². The summed E-state index contributed by atoms with van der Waals surface area (Å²) < 4.78 is 0. The molecule has 2 aliphatic heterocycles. The van der Waals surface area contributed by atoms with Gasteiger partial charge in [-0.25, -0.2) is 0 Å². The maximum absolute atomic E-state index is 12.3. The summed E-state index contributed by atoms with van der Waals surface area (Å²) >= 11 is 0. The minimum atomic E-state index is -0.814. The molecule has 1 N–H and O–H groups in total. The summed E-state index contributed by atoms with van der Waals surface area (Å²) in [6.45, 7) is 2.79. The van der Waals surface area contributed by atoms with Gasteiger partial charge < -0.3 is 14.9 Å². The molecular weight excluding hydrogens is 244 g/mol. The fourth-order valence-corrected chi connectivity index (χ4v) is 3.83. The SMILES string of the molecule is CN1CCCC2CN(C(=O)C3CC3C(=O)O)CCC21. The largest absolute Gasteiger partial charge is 0.481 e. The minimum Gasteiger partial charge on any atom is -0.481 e. The van der Waals surface area contributed by atoms with Crippen molar-refractivity contribution in [3.8, 4) is 0 Å². The lowest BCUT2D eigenvalue weighted by atomic mass is 9.84. The van der Waals surface area contributed by atoms with Crippen molar-refractivity contribution in [1.82, 2.24) is 9.80 Å².